The first-order chi connectivity index (χ1) is 4.83. The van der Waals surface area contributed by atoms with Gasteiger partial charge >= 0.3 is 0 Å². The molecule has 2 heteroatoms. The van der Waals surface area contributed by atoms with Crippen LogP contribution in [-0.2, 0) is 6.54 Å². The van der Waals surface area contributed by atoms with Crippen LogP contribution in [0.2, 0.25) is 0 Å². The quantitative estimate of drug-likeness (QED) is 0.630. The van der Waals surface area contributed by atoms with Gasteiger partial charge < -0.3 is 4.42 Å². The minimum atomic E-state index is 0.806. The Morgan fingerprint density at radius 2 is 2.50 bits per heavy atom. The van der Waals surface area contributed by atoms with Crippen molar-refractivity contribution in [3.63, 3.8) is 0 Å². The van der Waals surface area contributed by atoms with Crippen LogP contribution in [-0.4, -0.2) is 18.5 Å². The Morgan fingerprint density at radius 1 is 1.70 bits per heavy atom. The van der Waals surface area contributed by atoms with Crippen molar-refractivity contribution in [2.75, 3.05) is 13.6 Å². The molecule has 55 valence electrons. The van der Waals surface area contributed by atoms with Crippen molar-refractivity contribution >= 4 is 0 Å². The van der Waals surface area contributed by atoms with Gasteiger partial charge in [-0.3, -0.25) is 4.90 Å². The van der Waals surface area contributed by atoms with Crippen LogP contribution in [0.15, 0.2) is 22.8 Å². The summed E-state index contributed by atoms with van der Waals surface area (Å²) in [6.45, 7) is 5.40. The first kappa shape index (κ1) is 7.35. The molecule has 1 aromatic rings. The van der Waals surface area contributed by atoms with E-state index in [1.165, 1.54) is 0 Å². The largest absolute Gasteiger partial charge is 0.468 e. The lowest BCUT2D eigenvalue weighted by molar-refractivity contribution is 0.321. The summed E-state index contributed by atoms with van der Waals surface area (Å²) < 4.78 is 5.14. The third-order valence-electron chi connectivity index (χ3n) is 1.39. The van der Waals surface area contributed by atoms with Crippen LogP contribution in [0.4, 0.5) is 0 Å². The predicted octanol–water partition coefficient (Wildman–Crippen LogP) is 1.55. The molecule has 0 bridgehead atoms. The van der Waals surface area contributed by atoms with E-state index < -0.39 is 0 Å². The molecular weight excluding hydrogens is 126 g/mol. The molecule has 0 saturated heterocycles. The smallest absolute Gasteiger partial charge is 0.117 e. The van der Waals surface area contributed by atoms with Crippen LogP contribution >= 0.6 is 0 Å². The second kappa shape index (κ2) is 3.42. The molecule has 1 aromatic heterocycles. The summed E-state index contributed by atoms with van der Waals surface area (Å²) in [5, 5.41) is 0. The minimum Gasteiger partial charge on any atom is -0.468 e. The molecule has 10 heavy (non-hydrogen) atoms. The fourth-order valence-electron chi connectivity index (χ4n) is 0.748. The summed E-state index contributed by atoms with van der Waals surface area (Å²) in [7, 11) is 2.01. The molecule has 0 aliphatic heterocycles. The number of nitrogens with zero attached hydrogens (tertiary/aromatic N) is 1. The molecule has 2 nitrogen and oxygen atoms in total. The third kappa shape index (κ3) is 1.88. The Hall–Kier alpha value is -0.760. The zero-order valence-corrected chi connectivity index (χ0v) is 6.21. The van der Waals surface area contributed by atoms with E-state index in [0.717, 1.165) is 18.8 Å². The molecule has 0 aliphatic rings. The lowest BCUT2D eigenvalue weighted by atomic mass is 10.4. The Labute approximate surface area is 61.4 Å². The van der Waals surface area contributed by atoms with Crippen molar-refractivity contribution in [2.45, 2.75) is 6.54 Å². The number of furan rings is 1. The van der Waals surface area contributed by atoms with Crippen LogP contribution in [0.1, 0.15) is 5.76 Å². The van der Waals surface area contributed by atoms with Gasteiger partial charge in [0.1, 0.15) is 5.76 Å². The summed E-state index contributed by atoms with van der Waals surface area (Å²) in [5.74, 6) is 0.992. The van der Waals surface area contributed by atoms with Crippen molar-refractivity contribution in [2.24, 2.45) is 0 Å². The summed E-state index contributed by atoms with van der Waals surface area (Å²) in [6, 6.07) is 3.86. The second-order valence-electron chi connectivity index (χ2n) is 2.32. The van der Waals surface area contributed by atoms with Gasteiger partial charge in [-0.05, 0) is 32.6 Å². The van der Waals surface area contributed by atoms with E-state index in [1.807, 2.05) is 19.2 Å². The van der Waals surface area contributed by atoms with E-state index in [-0.39, 0.29) is 0 Å². The Balaban J connectivity index is 2.40. The summed E-state index contributed by atoms with van der Waals surface area (Å²) in [4.78, 5) is 2.08. The van der Waals surface area contributed by atoms with Gasteiger partial charge in [0.25, 0.3) is 0 Å². The molecule has 0 unspecified atom stereocenters. The van der Waals surface area contributed by atoms with E-state index in [2.05, 4.69) is 11.8 Å². The standard InChI is InChI=1S/C8H12NO/c1-3-9(2)7-8-5-4-6-10-8/h4-6H,1,3,7H2,2H3. The average molecular weight is 138 g/mol. The highest BCUT2D eigenvalue weighted by Crippen LogP contribution is 2.02. The van der Waals surface area contributed by atoms with E-state index in [4.69, 9.17) is 4.42 Å². The maximum absolute atomic E-state index is 5.14. The molecule has 1 heterocycles. The van der Waals surface area contributed by atoms with Gasteiger partial charge in [0.05, 0.1) is 12.8 Å². The van der Waals surface area contributed by atoms with Gasteiger partial charge in [0.2, 0.25) is 0 Å². The highest BCUT2D eigenvalue weighted by molar-refractivity contribution is 4.97. The van der Waals surface area contributed by atoms with Crippen LogP contribution in [0, 0.1) is 6.92 Å². The molecule has 0 aliphatic carbocycles. The predicted molar refractivity (Wildman–Crippen MR) is 40.4 cm³/mol. The molecule has 1 radical (unpaired) electrons. The normalized spacial score (nSPS) is 10.7. The molecule has 1 rings (SSSR count). The van der Waals surface area contributed by atoms with Gasteiger partial charge in [-0.25, -0.2) is 0 Å². The van der Waals surface area contributed by atoms with Gasteiger partial charge in [-0.1, -0.05) is 0 Å². The SMILES string of the molecule is [CH2]CN(C)Cc1ccco1. The Kier molecular flexibility index (Phi) is 2.51. The van der Waals surface area contributed by atoms with Gasteiger partial charge in [0.15, 0.2) is 0 Å². The first-order valence-electron chi connectivity index (χ1n) is 3.33. The second-order valence-corrected chi connectivity index (χ2v) is 2.32. The van der Waals surface area contributed by atoms with Gasteiger partial charge in [-0.2, -0.15) is 0 Å². The molecule has 0 spiro atoms. The maximum atomic E-state index is 5.14. The number of hydrogen-bond donors (Lipinski definition) is 0. The zero-order chi connectivity index (χ0) is 7.40. The van der Waals surface area contributed by atoms with Crippen LogP contribution in [0.25, 0.3) is 0 Å². The molecular formula is C8H12NO. The van der Waals surface area contributed by atoms with Crippen molar-refractivity contribution in [3.05, 3.63) is 31.1 Å². The first-order valence-corrected chi connectivity index (χ1v) is 3.33. The summed E-state index contributed by atoms with van der Waals surface area (Å²) >= 11 is 0. The van der Waals surface area contributed by atoms with E-state index in [0.29, 0.717) is 0 Å². The van der Waals surface area contributed by atoms with E-state index in [1.54, 1.807) is 6.26 Å². The van der Waals surface area contributed by atoms with Crippen molar-refractivity contribution in [1.29, 1.82) is 0 Å². The van der Waals surface area contributed by atoms with Crippen LogP contribution in [0.3, 0.4) is 0 Å². The Morgan fingerprint density at radius 3 is 3.00 bits per heavy atom. The minimum absolute atomic E-state index is 0.806. The van der Waals surface area contributed by atoms with Crippen LogP contribution < -0.4 is 0 Å². The molecule has 0 fully saturated rings. The Bertz CT molecular complexity index is 169. The highest BCUT2D eigenvalue weighted by Gasteiger charge is 1.97. The average Bonchev–Trinajstić information content (AvgIpc) is 2.40. The number of rotatable bonds is 3. The monoisotopic (exact) mass is 138 g/mol. The highest BCUT2D eigenvalue weighted by atomic mass is 16.3. The fraction of sp³-hybridized carbons (Fsp3) is 0.375. The molecule has 0 atom stereocenters. The van der Waals surface area contributed by atoms with Crippen molar-refractivity contribution < 1.29 is 4.42 Å². The molecule has 0 aromatic carbocycles. The topological polar surface area (TPSA) is 16.4 Å². The lowest BCUT2D eigenvalue weighted by Gasteiger charge is -2.10. The fourth-order valence-corrected chi connectivity index (χ4v) is 0.748. The van der Waals surface area contributed by atoms with Crippen LogP contribution in [0.5, 0.6) is 0 Å². The third-order valence-corrected chi connectivity index (χ3v) is 1.39. The lowest BCUT2D eigenvalue weighted by Crippen LogP contribution is -2.16. The van der Waals surface area contributed by atoms with E-state index in [9.17, 15) is 0 Å². The van der Waals surface area contributed by atoms with Crippen molar-refractivity contribution in [3.8, 4) is 0 Å². The molecule has 0 N–H and O–H groups in total. The zero-order valence-electron chi connectivity index (χ0n) is 6.21. The summed E-state index contributed by atoms with van der Waals surface area (Å²) in [5.41, 5.74) is 0. The molecule has 0 amide bonds. The van der Waals surface area contributed by atoms with Gasteiger partial charge in [-0.15, -0.1) is 0 Å². The number of hydrogen-bond acceptors (Lipinski definition) is 2. The van der Waals surface area contributed by atoms with E-state index >= 15 is 0 Å². The maximum Gasteiger partial charge on any atom is 0.117 e. The summed E-state index contributed by atoms with van der Waals surface area (Å²) in [6.07, 6.45) is 1.69. The van der Waals surface area contributed by atoms with Crippen molar-refractivity contribution in [1.82, 2.24) is 4.90 Å². The molecule has 0 saturated carbocycles. The van der Waals surface area contributed by atoms with Gasteiger partial charge in [0, 0.05) is 0 Å².